The molecule has 0 radical (unpaired) electrons. The zero-order valence-corrected chi connectivity index (χ0v) is 11.4. The molecule has 0 aliphatic rings. The Morgan fingerprint density at radius 1 is 1.28 bits per heavy atom. The van der Waals surface area contributed by atoms with E-state index in [1.807, 2.05) is 30.3 Å². The maximum Gasteiger partial charge on any atom is 0.233 e. The van der Waals surface area contributed by atoms with Gasteiger partial charge in [-0.3, -0.25) is 0 Å². The van der Waals surface area contributed by atoms with Crippen LogP contribution in [0.4, 0.5) is 0 Å². The van der Waals surface area contributed by atoms with E-state index in [0.717, 1.165) is 11.0 Å². The van der Waals surface area contributed by atoms with E-state index in [9.17, 15) is 13.5 Å². The van der Waals surface area contributed by atoms with Gasteiger partial charge in [-0.1, -0.05) is 30.3 Å². The second-order valence-corrected chi connectivity index (χ2v) is 5.96. The number of rotatable bonds is 6. The van der Waals surface area contributed by atoms with E-state index in [1.54, 1.807) is 13.8 Å². The standard InChI is InChI=1S/C13H19NO3S/c1-11(10-12(2)15)14-18(16,17)9-8-13-6-4-3-5-7-13/h3-9,11-12,14-15H,10H2,1-2H3/b9-8+. The monoisotopic (exact) mass is 269 g/mol. The van der Waals surface area contributed by atoms with E-state index in [1.165, 1.54) is 6.08 Å². The number of hydrogen-bond acceptors (Lipinski definition) is 3. The number of benzene rings is 1. The van der Waals surface area contributed by atoms with Crippen LogP contribution in [0, 0.1) is 0 Å². The molecular weight excluding hydrogens is 250 g/mol. The average molecular weight is 269 g/mol. The van der Waals surface area contributed by atoms with Gasteiger partial charge in [0, 0.05) is 11.4 Å². The second kappa shape index (κ2) is 6.68. The van der Waals surface area contributed by atoms with Gasteiger partial charge in [-0.25, -0.2) is 13.1 Å². The van der Waals surface area contributed by atoms with Crippen molar-refractivity contribution in [1.29, 1.82) is 0 Å². The number of aliphatic hydroxyl groups is 1. The lowest BCUT2D eigenvalue weighted by Crippen LogP contribution is -2.33. The zero-order chi connectivity index (χ0) is 13.6. The average Bonchev–Trinajstić information content (AvgIpc) is 2.26. The van der Waals surface area contributed by atoms with Crippen LogP contribution in [0.2, 0.25) is 0 Å². The maximum absolute atomic E-state index is 11.7. The molecule has 0 heterocycles. The molecule has 0 bridgehead atoms. The Morgan fingerprint density at radius 2 is 1.89 bits per heavy atom. The summed E-state index contributed by atoms with van der Waals surface area (Å²) in [6.07, 6.45) is 1.40. The van der Waals surface area contributed by atoms with Crippen LogP contribution in [0.25, 0.3) is 6.08 Å². The summed E-state index contributed by atoms with van der Waals surface area (Å²) in [6, 6.07) is 8.91. The van der Waals surface area contributed by atoms with Crippen LogP contribution in [-0.4, -0.2) is 25.7 Å². The first-order valence-electron chi connectivity index (χ1n) is 5.82. The van der Waals surface area contributed by atoms with Gasteiger partial charge in [0.05, 0.1) is 6.10 Å². The van der Waals surface area contributed by atoms with Crippen molar-refractivity contribution in [3.8, 4) is 0 Å². The maximum atomic E-state index is 11.7. The molecule has 0 amide bonds. The van der Waals surface area contributed by atoms with Crippen LogP contribution in [0.3, 0.4) is 0 Å². The van der Waals surface area contributed by atoms with Crippen LogP contribution in [0.15, 0.2) is 35.7 Å². The lowest BCUT2D eigenvalue weighted by molar-refractivity contribution is 0.175. The minimum absolute atomic E-state index is 0.296. The molecule has 1 aromatic carbocycles. The highest BCUT2D eigenvalue weighted by Gasteiger charge is 2.12. The molecule has 0 saturated heterocycles. The Kier molecular flexibility index (Phi) is 5.53. The Morgan fingerprint density at radius 3 is 2.44 bits per heavy atom. The summed E-state index contributed by atoms with van der Waals surface area (Å²) in [6.45, 7) is 3.35. The van der Waals surface area contributed by atoms with Gasteiger partial charge in [0.15, 0.2) is 0 Å². The van der Waals surface area contributed by atoms with Gasteiger partial charge < -0.3 is 5.11 Å². The van der Waals surface area contributed by atoms with Gasteiger partial charge in [-0.15, -0.1) is 0 Å². The summed E-state index contributed by atoms with van der Waals surface area (Å²) in [4.78, 5) is 0. The topological polar surface area (TPSA) is 66.4 Å². The summed E-state index contributed by atoms with van der Waals surface area (Å²) < 4.78 is 25.9. The third-order valence-electron chi connectivity index (χ3n) is 2.30. The molecule has 0 fully saturated rings. The van der Waals surface area contributed by atoms with Gasteiger partial charge >= 0.3 is 0 Å². The minimum atomic E-state index is -3.47. The predicted molar refractivity (Wildman–Crippen MR) is 73.3 cm³/mol. The van der Waals surface area contributed by atoms with Crippen LogP contribution in [0.1, 0.15) is 25.8 Å². The SMILES string of the molecule is CC(O)CC(C)NS(=O)(=O)/C=C/c1ccccc1. The third-order valence-corrected chi connectivity index (χ3v) is 3.52. The molecule has 100 valence electrons. The molecule has 0 spiro atoms. The fourth-order valence-electron chi connectivity index (χ4n) is 1.61. The van der Waals surface area contributed by atoms with Gasteiger partial charge in [-0.2, -0.15) is 0 Å². The lowest BCUT2D eigenvalue weighted by Gasteiger charge is -2.13. The normalized spacial score (nSPS) is 15.7. The smallest absolute Gasteiger partial charge is 0.233 e. The molecule has 0 saturated carbocycles. The molecule has 0 aromatic heterocycles. The van der Waals surface area contributed by atoms with Crippen molar-refractivity contribution in [3.05, 3.63) is 41.3 Å². The van der Waals surface area contributed by atoms with E-state index in [-0.39, 0.29) is 6.04 Å². The summed E-state index contributed by atoms with van der Waals surface area (Å²) in [5.41, 5.74) is 0.825. The van der Waals surface area contributed by atoms with Crippen LogP contribution in [0.5, 0.6) is 0 Å². The number of aliphatic hydroxyl groups excluding tert-OH is 1. The van der Waals surface area contributed by atoms with E-state index in [4.69, 9.17) is 0 Å². The number of hydrogen-bond donors (Lipinski definition) is 2. The molecule has 5 heteroatoms. The molecule has 0 aliphatic heterocycles. The molecule has 0 aliphatic carbocycles. The molecule has 1 aromatic rings. The van der Waals surface area contributed by atoms with Gasteiger partial charge in [0.1, 0.15) is 0 Å². The number of nitrogens with one attached hydrogen (secondary N) is 1. The summed E-state index contributed by atoms with van der Waals surface area (Å²) in [5, 5.41) is 10.3. The van der Waals surface area contributed by atoms with E-state index in [2.05, 4.69) is 4.72 Å². The summed E-state index contributed by atoms with van der Waals surface area (Å²) in [7, 11) is -3.47. The fourth-order valence-corrected chi connectivity index (χ4v) is 2.68. The molecule has 4 nitrogen and oxygen atoms in total. The van der Waals surface area contributed by atoms with Crippen molar-refractivity contribution < 1.29 is 13.5 Å². The third kappa shape index (κ3) is 5.95. The molecule has 2 unspecified atom stereocenters. The zero-order valence-electron chi connectivity index (χ0n) is 10.6. The first-order valence-corrected chi connectivity index (χ1v) is 7.37. The Bertz CT molecular complexity index is 480. The molecule has 1 rings (SSSR count). The van der Waals surface area contributed by atoms with Crippen LogP contribution in [-0.2, 0) is 10.0 Å². The molecule has 18 heavy (non-hydrogen) atoms. The van der Waals surface area contributed by atoms with Gasteiger partial charge in [0.25, 0.3) is 0 Å². The highest BCUT2D eigenvalue weighted by molar-refractivity contribution is 7.92. The molecule has 2 N–H and O–H groups in total. The first-order chi connectivity index (χ1) is 8.39. The minimum Gasteiger partial charge on any atom is -0.393 e. The van der Waals surface area contributed by atoms with Crippen molar-refractivity contribution in [1.82, 2.24) is 4.72 Å². The van der Waals surface area contributed by atoms with Gasteiger partial charge in [-0.05, 0) is 31.9 Å². The van der Waals surface area contributed by atoms with Crippen LogP contribution < -0.4 is 4.72 Å². The summed E-state index contributed by atoms with van der Waals surface area (Å²) in [5.74, 6) is 0. The molecular formula is C13H19NO3S. The van der Waals surface area contributed by atoms with Crippen molar-refractivity contribution in [2.24, 2.45) is 0 Å². The number of sulfonamides is 1. The van der Waals surface area contributed by atoms with E-state index in [0.29, 0.717) is 6.42 Å². The van der Waals surface area contributed by atoms with Crippen molar-refractivity contribution >= 4 is 16.1 Å². The second-order valence-electron chi connectivity index (χ2n) is 4.36. The fraction of sp³-hybridized carbons (Fsp3) is 0.385. The van der Waals surface area contributed by atoms with Crippen molar-refractivity contribution in [2.45, 2.75) is 32.4 Å². The van der Waals surface area contributed by atoms with E-state index < -0.39 is 16.1 Å². The van der Waals surface area contributed by atoms with Crippen molar-refractivity contribution in [3.63, 3.8) is 0 Å². The Balaban J connectivity index is 2.62. The Labute approximate surface area is 108 Å². The van der Waals surface area contributed by atoms with Gasteiger partial charge in [0.2, 0.25) is 10.0 Å². The molecule has 2 atom stereocenters. The first kappa shape index (κ1) is 14.9. The lowest BCUT2D eigenvalue weighted by atomic mass is 10.2. The van der Waals surface area contributed by atoms with Crippen LogP contribution >= 0.6 is 0 Å². The predicted octanol–water partition coefficient (Wildman–Crippen LogP) is 1.74. The van der Waals surface area contributed by atoms with E-state index >= 15 is 0 Å². The highest BCUT2D eigenvalue weighted by Crippen LogP contribution is 2.04. The highest BCUT2D eigenvalue weighted by atomic mass is 32.2. The quantitative estimate of drug-likeness (QED) is 0.826. The summed E-state index contributed by atoms with van der Waals surface area (Å²) >= 11 is 0. The largest absolute Gasteiger partial charge is 0.393 e. The Hall–Kier alpha value is -1.17. The van der Waals surface area contributed by atoms with Crippen molar-refractivity contribution in [2.75, 3.05) is 0 Å².